The number of halogens is 2. The van der Waals surface area contributed by atoms with E-state index in [0.29, 0.717) is 6.61 Å². The molecule has 1 unspecified atom stereocenters. The van der Waals surface area contributed by atoms with E-state index in [-0.39, 0.29) is 6.04 Å². The predicted molar refractivity (Wildman–Crippen MR) is 90.2 cm³/mol. The number of aryl methyl sites for hydroxylation is 1. The van der Waals surface area contributed by atoms with Gasteiger partial charge in [0.1, 0.15) is 5.75 Å². The van der Waals surface area contributed by atoms with Crippen LogP contribution in [0, 0.1) is 6.92 Å². The highest BCUT2D eigenvalue weighted by Gasteiger charge is 2.13. The lowest BCUT2D eigenvalue weighted by molar-refractivity contribution is 0.338. The summed E-state index contributed by atoms with van der Waals surface area (Å²) in [5.41, 5.74) is 9.76. The fraction of sp³-hybridized carbons (Fsp3) is 0.250. The zero-order chi connectivity index (χ0) is 14.7. The zero-order valence-corrected chi connectivity index (χ0v) is 14.7. The first kappa shape index (κ1) is 15.5. The Morgan fingerprint density at radius 2 is 1.90 bits per heavy atom. The standard InChI is InChI=1S/C16H17Br2NO/c1-3-20-15-7-5-11(8-14(15)18)16(19)13-9-12(17)6-4-10(13)2/h4-9,16H,3,19H2,1-2H3. The Bertz CT molecular complexity index is 613. The van der Waals surface area contributed by atoms with Gasteiger partial charge in [0.05, 0.1) is 17.1 Å². The summed E-state index contributed by atoms with van der Waals surface area (Å²) in [5, 5.41) is 0. The van der Waals surface area contributed by atoms with Gasteiger partial charge in [0, 0.05) is 4.47 Å². The molecular formula is C16H17Br2NO. The molecule has 0 fully saturated rings. The second kappa shape index (κ2) is 6.74. The Balaban J connectivity index is 2.35. The van der Waals surface area contributed by atoms with Gasteiger partial charge in [0.2, 0.25) is 0 Å². The van der Waals surface area contributed by atoms with E-state index in [1.807, 2.05) is 31.2 Å². The SMILES string of the molecule is CCOc1ccc(C(N)c2cc(Br)ccc2C)cc1Br. The van der Waals surface area contributed by atoms with Crippen molar-refractivity contribution in [3.63, 3.8) is 0 Å². The fourth-order valence-electron chi connectivity index (χ4n) is 2.11. The smallest absolute Gasteiger partial charge is 0.133 e. The Hall–Kier alpha value is -0.840. The summed E-state index contributed by atoms with van der Waals surface area (Å²) in [4.78, 5) is 0. The van der Waals surface area contributed by atoms with Gasteiger partial charge in [-0.3, -0.25) is 0 Å². The molecule has 0 saturated carbocycles. The second-order valence-corrected chi connectivity index (χ2v) is 6.37. The van der Waals surface area contributed by atoms with Gasteiger partial charge in [-0.15, -0.1) is 0 Å². The molecule has 2 nitrogen and oxygen atoms in total. The normalized spacial score (nSPS) is 12.2. The molecular weight excluding hydrogens is 382 g/mol. The maximum atomic E-state index is 6.40. The molecule has 2 aromatic carbocycles. The lowest BCUT2D eigenvalue weighted by atomic mass is 9.96. The van der Waals surface area contributed by atoms with Crippen molar-refractivity contribution >= 4 is 31.9 Å². The number of hydrogen-bond donors (Lipinski definition) is 1. The van der Waals surface area contributed by atoms with E-state index in [1.165, 1.54) is 5.56 Å². The average Bonchev–Trinajstić information content (AvgIpc) is 2.43. The quantitative estimate of drug-likeness (QED) is 0.789. The fourth-order valence-corrected chi connectivity index (χ4v) is 3.00. The summed E-state index contributed by atoms with van der Waals surface area (Å²) in [7, 11) is 0. The van der Waals surface area contributed by atoms with Crippen molar-refractivity contribution in [1.82, 2.24) is 0 Å². The van der Waals surface area contributed by atoms with Crippen molar-refractivity contribution < 1.29 is 4.74 Å². The Kier molecular flexibility index (Phi) is 5.24. The maximum Gasteiger partial charge on any atom is 0.133 e. The number of benzene rings is 2. The van der Waals surface area contributed by atoms with Gasteiger partial charge in [-0.1, -0.05) is 28.1 Å². The van der Waals surface area contributed by atoms with Crippen molar-refractivity contribution in [3.05, 3.63) is 62.0 Å². The number of hydrogen-bond acceptors (Lipinski definition) is 2. The monoisotopic (exact) mass is 397 g/mol. The van der Waals surface area contributed by atoms with Crippen molar-refractivity contribution in [1.29, 1.82) is 0 Å². The summed E-state index contributed by atoms with van der Waals surface area (Å²) in [6, 6.07) is 12.0. The van der Waals surface area contributed by atoms with Gasteiger partial charge in [-0.25, -0.2) is 0 Å². The minimum atomic E-state index is -0.153. The predicted octanol–water partition coefficient (Wildman–Crippen LogP) is 4.97. The van der Waals surface area contributed by atoms with Crippen LogP contribution in [0.5, 0.6) is 5.75 Å². The van der Waals surface area contributed by atoms with Crippen molar-refractivity contribution in [3.8, 4) is 5.75 Å². The first-order valence-electron chi connectivity index (χ1n) is 6.46. The van der Waals surface area contributed by atoms with E-state index in [9.17, 15) is 0 Å². The molecule has 2 aromatic rings. The third-order valence-corrected chi connectivity index (χ3v) is 4.30. The molecule has 0 amide bonds. The number of rotatable bonds is 4. The van der Waals surface area contributed by atoms with Crippen LogP contribution in [0.25, 0.3) is 0 Å². The molecule has 2 N–H and O–H groups in total. The Labute approximate surface area is 136 Å². The van der Waals surface area contributed by atoms with E-state index >= 15 is 0 Å². The van der Waals surface area contributed by atoms with Gasteiger partial charge >= 0.3 is 0 Å². The molecule has 0 spiro atoms. The molecule has 0 bridgehead atoms. The summed E-state index contributed by atoms with van der Waals surface area (Å²) in [6.07, 6.45) is 0. The second-order valence-electron chi connectivity index (χ2n) is 4.60. The molecule has 106 valence electrons. The minimum Gasteiger partial charge on any atom is -0.493 e. The lowest BCUT2D eigenvalue weighted by Crippen LogP contribution is -2.13. The largest absolute Gasteiger partial charge is 0.493 e. The summed E-state index contributed by atoms with van der Waals surface area (Å²) in [5.74, 6) is 0.842. The average molecular weight is 399 g/mol. The van der Waals surface area contributed by atoms with E-state index in [0.717, 1.165) is 25.8 Å². The lowest BCUT2D eigenvalue weighted by Gasteiger charge is -2.17. The van der Waals surface area contributed by atoms with Gasteiger partial charge in [-0.2, -0.15) is 0 Å². The van der Waals surface area contributed by atoms with Crippen LogP contribution in [0.4, 0.5) is 0 Å². The van der Waals surface area contributed by atoms with Gasteiger partial charge in [0.15, 0.2) is 0 Å². The van der Waals surface area contributed by atoms with Crippen molar-refractivity contribution in [2.24, 2.45) is 5.73 Å². The molecule has 0 radical (unpaired) electrons. The highest BCUT2D eigenvalue weighted by atomic mass is 79.9. The highest BCUT2D eigenvalue weighted by Crippen LogP contribution is 2.31. The van der Waals surface area contributed by atoms with Gasteiger partial charge < -0.3 is 10.5 Å². The van der Waals surface area contributed by atoms with E-state index in [2.05, 4.69) is 50.9 Å². The molecule has 0 aliphatic heterocycles. The Morgan fingerprint density at radius 3 is 2.55 bits per heavy atom. The number of nitrogens with two attached hydrogens (primary N) is 1. The topological polar surface area (TPSA) is 35.2 Å². The van der Waals surface area contributed by atoms with Gasteiger partial charge in [-0.05, 0) is 70.7 Å². The first-order valence-corrected chi connectivity index (χ1v) is 8.05. The molecule has 1 atom stereocenters. The molecule has 20 heavy (non-hydrogen) atoms. The third-order valence-electron chi connectivity index (χ3n) is 3.19. The summed E-state index contributed by atoms with van der Waals surface area (Å²) >= 11 is 7.03. The van der Waals surface area contributed by atoms with Crippen molar-refractivity contribution in [2.45, 2.75) is 19.9 Å². The van der Waals surface area contributed by atoms with Crippen LogP contribution in [0.3, 0.4) is 0 Å². The van der Waals surface area contributed by atoms with Crippen LogP contribution in [0.2, 0.25) is 0 Å². The molecule has 0 heterocycles. The van der Waals surface area contributed by atoms with Crippen LogP contribution in [-0.4, -0.2) is 6.61 Å². The summed E-state index contributed by atoms with van der Waals surface area (Å²) < 4.78 is 7.50. The maximum absolute atomic E-state index is 6.40. The van der Waals surface area contributed by atoms with Gasteiger partial charge in [0.25, 0.3) is 0 Å². The van der Waals surface area contributed by atoms with Crippen molar-refractivity contribution in [2.75, 3.05) is 6.61 Å². The molecule has 0 aromatic heterocycles. The third kappa shape index (κ3) is 3.43. The molecule has 0 aliphatic rings. The summed E-state index contributed by atoms with van der Waals surface area (Å²) in [6.45, 7) is 4.69. The van der Waals surface area contributed by atoms with E-state index in [1.54, 1.807) is 0 Å². The molecule has 0 saturated heterocycles. The van der Waals surface area contributed by atoms with Crippen LogP contribution < -0.4 is 10.5 Å². The van der Waals surface area contributed by atoms with Crippen LogP contribution in [0.15, 0.2) is 45.3 Å². The molecule has 2 rings (SSSR count). The first-order chi connectivity index (χ1) is 9.52. The van der Waals surface area contributed by atoms with Crippen LogP contribution in [-0.2, 0) is 0 Å². The number of ether oxygens (including phenoxy) is 1. The van der Waals surface area contributed by atoms with E-state index in [4.69, 9.17) is 10.5 Å². The zero-order valence-electron chi connectivity index (χ0n) is 11.5. The van der Waals surface area contributed by atoms with E-state index < -0.39 is 0 Å². The van der Waals surface area contributed by atoms with Crippen LogP contribution >= 0.6 is 31.9 Å². The molecule has 4 heteroatoms. The minimum absolute atomic E-state index is 0.153. The molecule has 0 aliphatic carbocycles. The van der Waals surface area contributed by atoms with Crippen LogP contribution in [0.1, 0.15) is 29.7 Å². The highest BCUT2D eigenvalue weighted by molar-refractivity contribution is 9.10. The Morgan fingerprint density at radius 1 is 1.15 bits per heavy atom.